The maximum Gasteiger partial charge on any atom is 0.329 e. The van der Waals surface area contributed by atoms with Gasteiger partial charge in [0.2, 0.25) is 0 Å². The van der Waals surface area contributed by atoms with Gasteiger partial charge in [0, 0.05) is 12.1 Å². The van der Waals surface area contributed by atoms with E-state index in [1.54, 1.807) is 6.08 Å². The number of urea groups is 1. The molecule has 1 heterocycles. The van der Waals surface area contributed by atoms with Crippen molar-refractivity contribution in [1.29, 1.82) is 0 Å². The predicted molar refractivity (Wildman–Crippen MR) is 113 cm³/mol. The van der Waals surface area contributed by atoms with Gasteiger partial charge < -0.3 is 10.1 Å². The fraction of sp³-hybridized carbons (Fsp3) is 0.0833. The highest BCUT2D eigenvalue weighted by atomic mass is 16.5. The Morgan fingerprint density at radius 2 is 1.72 bits per heavy atom. The molecule has 0 radical (unpaired) electrons. The van der Waals surface area contributed by atoms with Crippen LogP contribution in [-0.4, -0.2) is 23.4 Å². The maximum absolute atomic E-state index is 12.4. The Bertz CT molecular complexity index is 1130. The van der Waals surface area contributed by atoms with Gasteiger partial charge in [-0.15, -0.1) is 6.58 Å². The minimum atomic E-state index is -0.448. The second-order valence-electron chi connectivity index (χ2n) is 6.70. The molecule has 3 aromatic carbocycles. The molecule has 0 spiro atoms. The lowest BCUT2D eigenvalue weighted by Crippen LogP contribution is -2.30. The van der Waals surface area contributed by atoms with E-state index in [-0.39, 0.29) is 18.1 Å². The number of para-hydroxylation sites is 1. The lowest BCUT2D eigenvalue weighted by atomic mass is 10.1. The van der Waals surface area contributed by atoms with Gasteiger partial charge in [-0.25, -0.2) is 4.79 Å². The molecule has 1 saturated heterocycles. The first-order chi connectivity index (χ1) is 14.2. The summed E-state index contributed by atoms with van der Waals surface area (Å²) >= 11 is 0. The van der Waals surface area contributed by atoms with E-state index < -0.39 is 6.03 Å². The van der Waals surface area contributed by atoms with Crippen LogP contribution in [0.25, 0.3) is 16.8 Å². The van der Waals surface area contributed by atoms with Gasteiger partial charge in [0.1, 0.15) is 18.1 Å². The quantitative estimate of drug-likeness (QED) is 0.387. The molecule has 29 heavy (non-hydrogen) atoms. The Morgan fingerprint density at radius 1 is 0.966 bits per heavy atom. The van der Waals surface area contributed by atoms with Gasteiger partial charge in [0.15, 0.2) is 0 Å². The Kier molecular flexibility index (Phi) is 5.12. The smallest absolute Gasteiger partial charge is 0.329 e. The number of benzene rings is 3. The average Bonchev–Trinajstić information content (AvgIpc) is 3.01. The van der Waals surface area contributed by atoms with Crippen molar-refractivity contribution in [3.8, 4) is 5.75 Å². The van der Waals surface area contributed by atoms with Crippen LogP contribution in [0.4, 0.5) is 4.79 Å². The number of carbonyl (C=O) groups is 2. The van der Waals surface area contributed by atoms with Gasteiger partial charge in [0.05, 0.1) is 0 Å². The van der Waals surface area contributed by atoms with Crippen molar-refractivity contribution in [2.45, 2.75) is 6.61 Å². The number of nitrogens with one attached hydrogen (secondary N) is 1. The van der Waals surface area contributed by atoms with Gasteiger partial charge in [-0.2, -0.15) is 0 Å². The Morgan fingerprint density at radius 3 is 2.55 bits per heavy atom. The Balaban J connectivity index is 1.54. The largest absolute Gasteiger partial charge is 0.488 e. The first kappa shape index (κ1) is 18.5. The van der Waals surface area contributed by atoms with Crippen molar-refractivity contribution >= 4 is 28.8 Å². The van der Waals surface area contributed by atoms with E-state index in [0.29, 0.717) is 12.4 Å². The highest BCUT2D eigenvalue weighted by Crippen LogP contribution is 2.24. The number of hydrogen-bond acceptors (Lipinski definition) is 3. The molecule has 1 N–H and O–H groups in total. The highest BCUT2D eigenvalue weighted by Gasteiger charge is 2.32. The number of carbonyl (C=O) groups excluding carboxylic acids is 2. The molecule has 0 saturated carbocycles. The van der Waals surface area contributed by atoms with Gasteiger partial charge >= 0.3 is 6.03 Å². The predicted octanol–water partition coefficient (Wildman–Crippen LogP) is 4.50. The molecule has 0 unspecified atom stereocenters. The maximum atomic E-state index is 12.4. The van der Waals surface area contributed by atoms with Gasteiger partial charge in [0.25, 0.3) is 5.91 Å². The molecular formula is C24H20N2O3. The third kappa shape index (κ3) is 3.89. The number of amides is 3. The van der Waals surface area contributed by atoms with Crippen LogP contribution in [-0.2, 0) is 11.4 Å². The van der Waals surface area contributed by atoms with Crippen LogP contribution in [0.3, 0.4) is 0 Å². The van der Waals surface area contributed by atoms with E-state index >= 15 is 0 Å². The molecule has 144 valence electrons. The SMILES string of the molecule is C=CCN1C(=O)N/C(=C/c2ccccc2OCc2ccc3ccccc3c2)C1=O. The minimum Gasteiger partial charge on any atom is -0.488 e. The molecule has 3 aromatic rings. The third-order valence-electron chi connectivity index (χ3n) is 4.70. The number of imide groups is 1. The first-order valence-electron chi connectivity index (χ1n) is 9.30. The summed E-state index contributed by atoms with van der Waals surface area (Å²) in [4.78, 5) is 25.5. The standard InChI is InChI=1S/C24H20N2O3/c1-2-13-26-23(27)21(25-24(26)28)15-20-9-5-6-10-22(20)29-16-17-11-12-18-7-3-4-8-19(18)14-17/h2-12,14-15H,1,13,16H2,(H,25,28)/b21-15+. The number of rotatable bonds is 6. The monoisotopic (exact) mass is 384 g/mol. The van der Waals surface area contributed by atoms with Crippen molar-refractivity contribution < 1.29 is 14.3 Å². The minimum absolute atomic E-state index is 0.169. The van der Waals surface area contributed by atoms with Gasteiger partial charge in [-0.05, 0) is 34.5 Å². The fourth-order valence-electron chi connectivity index (χ4n) is 3.24. The number of fused-ring (bicyclic) bond motifs is 1. The summed E-state index contributed by atoms with van der Waals surface area (Å²) in [5.41, 5.74) is 1.99. The molecule has 0 bridgehead atoms. The zero-order chi connectivity index (χ0) is 20.2. The zero-order valence-corrected chi connectivity index (χ0v) is 15.8. The van der Waals surface area contributed by atoms with E-state index in [0.717, 1.165) is 21.4 Å². The summed E-state index contributed by atoms with van der Waals surface area (Å²) in [6, 6.07) is 21.4. The summed E-state index contributed by atoms with van der Waals surface area (Å²) in [5.74, 6) is 0.261. The second-order valence-corrected chi connectivity index (χ2v) is 6.70. The van der Waals surface area contributed by atoms with E-state index in [4.69, 9.17) is 4.74 Å². The summed E-state index contributed by atoms with van der Waals surface area (Å²) < 4.78 is 6.02. The van der Waals surface area contributed by atoms with Crippen molar-refractivity contribution in [2.24, 2.45) is 0 Å². The van der Waals surface area contributed by atoms with Crippen LogP contribution in [0.15, 0.2) is 85.1 Å². The summed E-state index contributed by atoms with van der Waals surface area (Å²) in [5, 5.41) is 4.94. The number of hydrogen-bond donors (Lipinski definition) is 1. The van der Waals surface area contributed by atoms with Gasteiger partial charge in [-0.1, -0.05) is 60.7 Å². The van der Waals surface area contributed by atoms with E-state index in [9.17, 15) is 9.59 Å². The van der Waals surface area contributed by atoms with Crippen LogP contribution in [0.1, 0.15) is 11.1 Å². The third-order valence-corrected chi connectivity index (χ3v) is 4.70. The van der Waals surface area contributed by atoms with Crippen molar-refractivity contribution in [1.82, 2.24) is 10.2 Å². The summed E-state index contributed by atoms with van der Waals surface area (Å²) in [6.45, 7) is 4.14. The average molecular weight is 384 g/mol. The molecule has 0 aliphatic carbocycles. The Hall–Kier alpha value is -3.86. The molecule has 1 fully saturated rings. The van der Waals surface area contributed by atoms with Gasteiger partial charge in [-0.3, -0.25) is 9.69 Å². The number of nitrogens with zero attached hydrogens (tertiary/aromatic N) is 1. The van der Waals surface area contributed by atoms with E-state index in [1.807, 2.05) is 42.5 Å². The van der Waals surface area contributed by atoms with E-state index in [2.05, 4.69) is 36.2 Å². The van der Waals surface area contributed by atoms with Crippen molar-refractivity contribution in [2.75, 3.05) is 6.54 Å². The van der Waals surface area contributed by atoms with Crippen LogP contribution in [0.5, 0.6) is 5.75 Å². The molecular weight excluding hydrogens is 364 g/mol. The van der Waals surface area contributed by atoms with Crippen molar-refractivity contribution in [3.05, 3.63) is 96.2 Å². The summed E-state index contributed by atoms with van der Waals surface area (Å²) in [6.07, 6.45) is 3.15. The lowest BCUT2D eigenvalue weighted by Gasteiger charge is -2.10. The molecule has 4 rings (SSSR count). The van der Waals surface area contributed by atoms with Crippen LogP contribution < -0.4 is 10.1 Å². The topological polar surface area (TPSA) is 58.6 Å². The van der Waals surface area contributed by atoms with Crippen molar-refractivity contribution in [3.63, 3.8) is 0 Å². The molecule has 0 aromatic heterocycles. The summed E-state index contributed by atoms with van der Waals surface area (Å²) in [7, 11) is 0. The Labute approximate surface area is 168 Å². The second kappa shape index (κ2) is 8.02. The molecule has 5 heteroatoms. The molecule has 0 atom stereocenters. The fourth-order valence-corrected chi connectivity index (χ4v) is 3.24. The van der Waals surface area contributed by atoms with Crippen LogP contribution >= 0.6 is 0 Å². The normalized spacial score (nSPS) is 15.0. The molecule has 5 nitrogen and oxygen atoms in total. The molecule has 3 amide bonds. The van der Waals surface area contributed by atoms with Crippen LogP contribution in [0.2, 0.25) is 0 Å². The van der Waals surface area contributed by atoms with Crippen LogP contribution in [0, 0.1) is 0 Å². The van der Waals surface area contributed by atoms with E-state index in [1.165, 1.54) is 11.5 Å². The highest BCUT2D eigenvalue weighted by molar-refractivity contribution is 6.14. The molecule has 1 aliphatic rings. The first-order valence-corrected chi connectivity index (χ1v) is 9.30. The number of ether oxygens (including phenoxy) is 1. The lowest BCUT2D eigenvalue weighted by molar-refractivity contribution is -0.122. The zero-order valence-electron chi connectivity index (χ0n) is 15.8. The molecule has 1 aliphatic heterocycles.